The smallest absolute Gasteiger partial charge is 0.139 e. The van der Waals surface area contributed by atoms with Gasteiger partial charge in [-0.3, -0.25) is 4.79 Å². The Labute approximate surface area is 122 Å². The Morgan fingerprint density at radius 3 is 2.65 bits per heavy atom. The van der Waals surface area contributed by atoms with Crippen molar-refractivity contribution in [3.8, 4) is 0 Å². The lowest BCUT2D eigenvalue weighted by Crippen LogP contribution is -2.49. The third-order valence-electron chi connectivity index (χ3n) is 7.64. The molecule has 4 fully saturated rings. The van der Waals surface area contributed by atoms with Crippen LogP contribution in [0.3, 0.4) is 0 Å². The quantitative estimate of drug-likeness (QED) is 0.734. The van der Waals surface area contributed by atoms with E-state index in [1.54, 1.807) is 0 Å². The summed E-state index contributed by atoms with van der Waals surface area (Å²) in [6.07, 6.45) is 10.3. The van der Waals surface area contributed by atoms with Crippen molar-refractivity contribution in [3.05, 3.63) is 0 Å². The molecule has 4 aliphatic rings. The number of Topliss-reactive ketones (excluding diaryl/α,β-unsaturated/α-hetero) is 1. The van der Waals surface area contributed by atoms with E-state index in [0.717, 1.165) is 55.8 Å². The van der Waals surface area contributed by atoms with E-state index in [1.807, 2.05) is 0 Å². The lowest BCUT2D eigenvalue weighted by molar-refractivity contribution is -0.133. The van der Waals surface area contributed by atoms with Gasteiger partial charge in [-0.05, 0) is 81.0 Å². The minimum atomic E-state index is -0.0327. The van der Waals surface area contributed by atoms with Crippen LogP contribution in [0.4, 0.5) is 0 Å². The maximum Gasteiger partial charge on any atom is 0.139 e. The van der Waals surface area contributed by atoms with Crippen LogP contribution < -0.4 is 0 Å². The van der Waals surface area contributed by atoms with Gasteiger partial charge in [-0.25, -0.2) is 0 Å². The van der Waals surface area contributed by atoms with E-state index in [4.69, 9.17) is 0 Å². The number of carbonyl (C=O) groups excluding carboxylic acids is 1. The number of aliphatic hydroxyl groups excluding tert-OH is 1. The number of hydrogen-bond donors (Lipinski definition) is 1. The molecule has 0 radical (unpaired) electrons. The van der Waals surface area contributed by atoms with Gasteiger partial charge < -0.3 is 5.11 Å². The summed E-state index contributed by atoms with van der Waals surface area (Å²) in [5.74, 6) is 4.56. The molecule has 20 heavy (non-hydrogen) atoms. The number of aliphatic hydroxyl groups is 1. The van der Waals surface area contributed by atoms with Gasteiger partial charge in [0.25, 0.3) is 0 Å². The fourth-order valence-corrected chi connectivity index (χ4v) is 6.60. The molecule has 0 aromatic carbocycles. The van der Waals surface area contributed by atoms with Crippen LogP contribution in [0.5, 0.6) is 0 Å². The highest BCUT2D eigenvalue weighted by Gasteiger charge is 2.56. The fourth-order valence-electron chi connectivity index (χ4n) is 6.60. The molecule has 4 aliphatic carbocycles. The summed E-state index contributed by atoms with van der Waals surface area (Å²) in [5.41, 5.74) is 0.0299. The van der Waals surface area contributed by atoms with Crippen LogP contribution in [-0.2, 0) is 4.79 Å². The third kappa shape index (κ3) is 1.76. The molecule has 0 saturated heterocycles. The van der Waals surface area contributed by atoms with Crippen LogP contribution in [0, 0.1) is 35.0 Å². The summed E-state index contributed by atoms with van der Waals surface area (Å²) in [5, 5.41) is 9.93. The average molecular weight is 276 g/mol. The summed E-state index contributed by atoms with van der Waals surface area (Å²) in [6.45, 7) is 2.26. The van der Waals surface area contributed by atoms with E-state index in [-0.39, 0.29) is 11.5 Å². The predicted octanol–water partition coefficient (Wildman–Crippen LogP) is 3.57. The average Bonchev–Trinajstić information content (AvgIpc) is 2.74. The van der Waals surface area contributed by atoms with Gasteiger partial charge in [0.15, 0.2) is 0 Å². The number of fused-ring (bicyclic) bond motifs is 5. The van der Waals surface area contributed by atoms with Gasteiger partial charge in [-0.15, -0.1) is 0 Å². The van der Waals surface area contributed by atoms with Crippen LogP contribution in [0.15, 0.2) is 0 Å². The first kappa shape index (κ1) is 13.3. The number of rotatable bonds is 0. The van der Waals surface area contributed by atoms with Gasteiger partial charge in [0.2, 0.25) is 0 Å². The molecule has 0 amide bonds. The molecule has 0 aromatic heterocycles. The SMILES string of the molecule is C[C@]12CCC3C(CC[C@@H]4CC(O)CC[C@H]34)C1CCC2=O. The lowest BCUT2D eigenvalue weighted by atomic mass is 9.50. The maximum absolute atomic E-state index is 12.3. The molecule has 4 rings (SSSR count). The number of carbonyl (C=O) groups is 1. The van der Waals surface area contributed by atoms with Gasteiger partial charge in [-0.1, -0.05) is 6.92 Å². The molecular weight excluding hydrogens is 248 g/mol. The zero-order valence-corrected chi connectivity index (χ0v) is 12.7. The topological polar surface area (TPSA) is 37.3 Å². The number of ketones is 1. The molecule has 112 valence electrons. The Bertz CT molecular complexity index is 418. The normalized spacial score (nSPS) is 55.0. The Balaban J connectivity index is 1.58. The third-order valence-corrected chi connectivity index (χ3v) is 7.64. The first-order chi connectivity index (χ1) is 9.59. The van der Waals surface area contributed by atoms with Crippen molar-refractivity contribution < 1.29 is 9.90 Å². The van der Waals surface area contributed by atoms with Crippen LogP contribution in [0.25, 0.3) is 0 Å². The van der Waals surface area contributed by atoms with Gasteiger partial charge in [0.1, 0.15) is 5.78 Å². The van der Waals surface area contributed by atoms with Crippen molar-refractivity contribution in [3.63, 3.8) is 0 Å². The highest BCUT2D eigenvalue weighted by atomic mass is 16.3. The van der Waals surface area contributed by atoms with Crippen molar-refractivity contribution in [2.24, 2.45) is 35.0 Å². The molecule has 4 unspecified atom stereocenters. The maximum atomic E-state index is 12.3. The fraction of sp³-hybridized carbons (Fsp3) is 0.944. The highest BCUT2D eigenvalue weighted by molar-refractivity contribution is 5.87. The molecule has 0 aliphatic heterocycles. The second kappa shape index (κ2) is 4.56. The molecule has 1 N–H and O–H groups in total. The second-order valence-electron chi connectivity index (χ2n) is 8.32. The van der Waals surface area contributed by atoms with Crippen LogP contribution in [0.1, 0.15) is 64.7 Å². The molecular formula is C18H28O2. The van der Waals surface area contributed by atoms with Crippen molar-refractivity contribution in [2.45, 2.75) is 70.8 Å². The van der Waals surface area contributed by atoms with Crippen molar-refractivity contribution >= 4 is 5.78 Å². The summed E-state index contributed by atoms with van der Waals surface area (Å²) in [7, 11) is 0. The molecule has 2 nitrogen and oxygen atoms in total. The van der Waals surface area contributed by atoms with E-state index in [9.17, 15) is 9.90 Å². The Hall–Kier alpha value is -0.370. The standard InChI is InChI=1S/C18H28O2/c1-18-9-8-14-13-5-3-12(19)10-11(13)2-4-15(14)16(18)6-7-17(18)20/h11-16,19H,2-10H2,1H3/t11-,12?,13+,14?,15?,16?,18+/m1/s1. The van der Waals surface area contributed by atoms with Crippen LogP contribution in [-0.4, -0.2) is 17.0 Å². The highest BCUT2D eigenvalue weighted by Crippen LogP contribution is 2.61. The minimum absolute atomic E-state index is 0.0299. The zero-order valence-electron chi connectivity index (χ0n) is 12.7. The van der Waals surface area contributed by atoms with Crippen molar-refractivity contribution in [1.82, 2.24) is 0 Å². The lowest BCUT2D eigenvalue weighted by Gasteiger charge is -2.54. The van der Waals surface area contributed by atoms with E-state index in [1.165, 1.54) is 25.7 Å². The molecule has 0 spiro atoms. The molecule has 4 saturated carbocycles. The first-order valence-corrected chi connectivity index (χ1v) is 8.81. The van der Waals surface area contributed by atoms with Crippen LogP contribution in [0.2, 0.25) is 0 Å². The van der Waals surface area contributed by atoms with Crippen molar-refractivity contribution in [1.29, 1.82) is 0 Å². The number of hydrogen-bond acceptors (Lipinski definition) is 2. The van der Waals surface area contributed by atoms with Crippen LogP contribution >= 0.6 is 0 Å². The molecule has 7 atom stereocenters. The van der Waals surface area contributed by atoms with Crippen molar-refractivity contribution in [2.75, 3.05) is 0 Å². The minimum Gasteiger partial charge on any atom is -0.393 e. The van der Waals surface area contributed by atoms with E-state index < -0.39 is 0 Å². The predicted molar refractivity (Wildman–Crippen MR) is 78.1 cm³/mol. The van der Waals surface area contributed by atoms with Gasteiger partial charge >= 0.3 is 0 Å². The first-order valence-electron chi connectivity index (χ1n) is 8.81. The zero-order chi connectivity index (χ0) is 13.9. The largest absolute Gasteiger partial charge is 0.393 e. The Morgan fingerprint density at radius 1 is 1.00 bits per heavy atom. The molecule has 2 heteroatoms. The van der Waals surface area contributed by atoms with Gasteiger partial charge in [0.05, 0.1) is 6.10 Å². The molecule has 0 aromatic rings. The molecule has 0 bridgehead atoms. The van der Waals surface area contributed by atoms with Gasteiger partial charge in [0, 0.05) is 11.8 Å². The monoisotopic (exact) mass is 276 g/mol. The van der Waals surface area contributed by atoms with E-state index >= 15 is 0 Å². The summed E-state index contributed by atoms with van der Waals surface area (Å²) in [4.78, 5) is 12.3. The van der Waals surface area contributed by atoms with E-state index in [0.29, 0.717) is 11.7 Å². The summed E-state index contributed by atoms with van der Waals surface area (Å²) in [6, 6.07) is 0. The summed E-state index contributed by atoms with van der Waals surface area (Å²) < 4.78 is 0. The van der Waals surface area contributed by atoms with E-state index in [2.05, 4.69) is 6.92 Å². The summed E-state index contributed by atoms with van der Waals surface area (Å²) >= 11 is 0. The van der Waals surface area contributed by atoms with Gasteiger partial charge in [-0.2, -0.15) is 0 Å². The molecule has 0 heterocycles. The second-order valence-corrected chi connectivity index (χ2v) is 8.32. The Morgan fingerprint density at radius 2 is 1.80 bits per heavy atom. The Kier molecular flexibility index (Phi) is 3.03.